The molecule has 0 aromatic rings. The van der Waals surface area contributed by atoms with E-state index in [-0.39, 0.29) is 0 Å². The third kappa shape index (κ3) is 8.07. The number of nitrogens with zero attached hydrogens (tertiary/aromatic N) is 2. The van der Waals surface area contributed by atoms with E-state index < -0.39 is 12.7 Å². The predicted octanol–water partition coefficient (Wildman–Crippen LogP) is 2.33. The van der Waals surface area contributed by atoms with E-state index in [2.05, 4.69) is 24.1 Å². The van der Waals surface area contributed by atoms with Gasteiger partial charge in [0.1, 0.15) is 0 Å². The van der Waals surface area contributed by atoms with Gasteiger partial charge in [0.2, 0.25) is 0 Å². The second kappa shape index (κ2) is 8.85. The Morgan fingerprint density at radius 3 is 2.25 bits per heavy atom. The van der Waals surface area contributed by atoms with E-state index in [9.17, 15) is 13.2 Å². The first-order chi connectivity index (χ1) is 9.40. The van der Waals surface area contributed by atoms with Crippen molar-refractivity contribution in [1.82, 2.24) is 15.1 Å². The number of hydrogen-bond donors (Lipinski definition) is 1. The fourth-order valence-corrected chi connectivity index (χ4v) is 2.54. The normalized spacial score (nSPS) is 20.2. The third-order valence-electron chi connectivity index (χ3n) is 3.72. The SMILES string of the molecule is CCCNC(C)CCCN1CCN(CC(F)(F)F)CC1. The fraction of sp³-hybridized carbons (Fsp3) is 1.00. The number of halogens is 3. The second-order valence-corrected chi connectivity index (χ2v) is 5.73. The van der Waals surface area contributed by atoms with Gasteiger partial charge in [0, 0.05) is 32.2 Å². The van der Waals surface area contributed by atoms with E-state index in [0.717, 1.165) is 45.4 Å². The second-order valence-electron chi connectivity index (χ2n) is 5.73. The van der Waals surface area contributed by atoms with E-state index in [4.69, 9.17) is 0 Å². The van der Waals surface area contributed by atoms with E-state index in [1.165, 1.54) is 4.90 Å². The molecule has 0 aromatic heterocycles. The minimum absolute atomic E-state index is 0.529. The molecule has 0 spiro atoms. The van der Waals surface area contributed by atoms with Gasteiger partial charge in [-0.15, -0.1) is 0 Å². The van der Waals surface area contributed by atoms with Crippen LogP contribution in [0.2, 0.25) is 0 Å². The molecule has 1 fully saturated rings. The average molecular weight is 295 g/mol. The maximum atomic E-state index is 12.3. The highest BCUT2D eigenvalue weighted by Gasteiger charge is 2.31. The molecule has 20 heavy (non-hydrogen) atoms. The Hall–Kier alpha value is -0.330. The standard InChI is InChI=1S/C14H28F3N3/c1-3-6-18-13(2)5-4-7-19-8-10-20(11-9-19)12-14(15,16)17/h13,18H,3-12H2,1-2H3. The number of alkyl halides is 3. The van der Waals surface area contributed by atoms with Gasteiger partial charge in [-0.1, -0.05) is 6.92 Å². The van der Waals surface area contributed by atoms with Gasteiger partial charge in [-0.3, -0.25) is 4.90 Å². The van der Waals surface area contributed by atoms with Gasteiger partial charge >= 0.3 is 6.18 Å². The van der Waals surface area contributed by atoms with Crippen LogP contribution in [0.25, 0.3) is 0 Å². The van der Waals surface area contributed by atoms with Crippen LogP contribution in [-0.4, -0.2) is 67.8 Å². The Morgan fingerprint density at radius 1 is 1.10 bits per heavy atom. The van der Waals surface area contributed by atoms with Gasteiger partial charge in [-0.05, 0) is 39.3 Å². The maximum absolute atomic E-state index is 12.3. The van der Waals surface area contributed by atoms with Crippen LogP contribution in [0.5, 0.6) is 0 Å². The summed E-state index contributed by atoms with van der Waals surface area (Å²) in [5, 5.41) is 3.45. The monoisotopic (exact) mass is 295 g/mol. The van der Waals surface area contributed by atoms with Crippen molar-refractivity contribution >= 4 is 0 Å². The summed E-state index contributed by atoms with van der Waals surface area (Å²) < 4.78 is 36.8. The van der Waals surface area contributed by atoms with Crippen LogP contribution in [0.4, 0.5) is 13.2 Å². The summed E-state index contributed by atoms with van der Waals surface area (Å²) in [4.78, 5) is 3.78. The maximum Gasteiger partial charge on any atom is 0.401 e. The summed E-state index contributed by atoms with van der Waals surface area (Å²) in [6, 6.07) is 0.529. The molecule has 120 valence electrons. The zero-order valence-electron chi connectivity index (χ0n) is 12.7. The smallest absolute Gasteiger partial charge is 0.314 e. The van der Waals surface area contributed by atoms with Crippen LogP contribution >= 0.6 is 0 Å². The third-order valence-corrected chi connectivity index (χ3v) is 3.72. The van der Waals surface area contributed by atoms with Crippen molar-refractivity contribution < 1.29 is 13.2 Å². The van der Waals surface area contributed by atoms with Crippen LogP contribution in [0.15, 0.2) is 0 Å². The summed E-state index contributed by atoms with van der Waals surface area (Å²) in [5.41, 5.74) is 0. The van der Waals surface area contributed by atoms with Crippen molar-refractivity contribution in [3.8, 4) is 0 Å². The number of nitrogens with one attached hydrogen (secondary N) is 1. The molecule has 1 unspecified atom stereocenters. The van der Waals surface area contributed by atoms with Crippen LogP contribution in [0.3, 0.4) is 0 Å². The molecule has 0 aliphatic carbocycles. The van der Waals surface area contributed by atoms with Crippen LogP contribution in [0.1, 0.15) is 33.1 Å². The minimum Gasteiger partial charge on any atom is -0.314 e. The first-order valence-electron chi connectivity index (χ1n) is 7.65. The topological polar surface area (TPSA) is 18.5 Å². The largest absolute Gasteiger partial charge is 0.401 e. The molecule has 1 rings (SSSR count). The number of hydrogen-bond acceptors (Lipinski definition) is 3. The summed E-state index contributed by atoms with van der Waals surface area (Å²) in [6.45, 7) is 8.21. The number of piperazine rings is 1. The summed E-state index contributed by atoms with van der Waals surface area (Å²) >= 11 is 0. The van der Waals surface area contributed by atoms with Crippen molar-refractivity contribution in [1.29, 1.82) is 0 Å². The molecule has 1 aliphatic rings. The Kier molecular flexibility index (Phi) is 7.84. The summed E-state index contributed by atoms with van der Waals surface area (Å²) in [6.07, 6.45) is -0.687. The molecular formula is C14H28F3N3. The summed E-state index contributed by atoms with van der Waals surface area (Å²) in [7, 11) is 0. The Labute approximate surface area is 120 Å². The Bertz CT molecular complexity index is 251. The molecule has 1 N–H and O–H groups in total. The first kappa shape index (κ1) is 17.7. The highest BCUT2D eigenvalue weighted by atomic mass is 19.4. The molecule has 0 aromatic carbocycles. The van der Waals surface area contributed by atoms with Crippen LogP contribution < -0.4 is 5.32 Å². The lowest BCUT2D eigenvalue weighted by atomic mass is 10.1. The lowest BCUT2D eigenvalue weighted by Crippen LogP contribution is -2.49. The van der Waals surface area contributed by atoms with Gasteiger partial charge in [0.15, 0.2) is 0 Å². The molecule has 6 heteroatoms. The van der Waals surface area contributed by atoms with Crippen LogP contribution in [-0.2, 0) is 0 Å². The van der Waals surface area contributed by atoms with Crippen molar-refractivity contribution in [3.05, 3.63) is 0 Å². The van der Waals surface area contributed by atoms with Gasteiger partial charge < -0.3 is 10.2 Å². The predicted molar refractivity (Wildman–Crippen MR) is 75.9 cm³/mol. The van der Waals surface area contributed by atoms with Gasteiger partial charge in [0.05, 0.1) is 6.54 Å². The Balaban J connectivity index is 2.08. The quantitative estimate of drug-likeness (QED) is 0.741. The first-order valence-corrected chi connectivity index (χ1v) is 7.65. The van der Waals surface area contributed by atoms with E-state index in [1.807, 2.05) is 0 Å². The van der Waals surface area contributed by atoms with Crippen molar-refractivity contribution in [2.75, 3.05) is 45.8 Å². The molecule has 1 heterocycles. The molecule has 0 saturated carbocycles. The molecule has 3 nitrogen and oxygen atoms in total. The van der Waals surface area contributed by atoms with Crippen LogP contribution in [0, 0.1) is 0 Å². The molecule has 1 aliphatic heterocycles. The highest BCUT2D eigenvalue weighted by Crippen LogP contribution is 2.17. The van der Waals surface area contributed by atoms with Crippen molar-refractivity contribution in [2.45, 2.75) is 45.3 Å². The summed E-state index contributed by atoms with van der Waals surface area (Å²) in [5.74, 6) is 0. The van der Waals surface area contributed by atoms with Gasteiger partial charge in [-0.2, -0.15) is 13.2 Å². The zero-order chi connectivity index (χ0) is 15.0. The Morgan fingerprint density at radius 2 is 1.70 bits per heavy atom. The zero-order valence-corrected chi connectivity index (χ0v) is 12.7. The molecule has 1 atom stereocenters. The molecule has 0 radical (unpaired) electrons. The lowest BCUT2D eigenvalue weighted by Gasteiger charge is -2.35. The molecule has 0 amide bonds. The highest BCUT2D eigenvalue weighted by molar-refractivity contribution is 4.74. The van der Waals surface area contributed by atoms with Gasteiger partial charge in [-0.25, -0.2) is 0 Å². The van der Waals surface area contributed by atoms with Gasteiger partial charge in [0.25, 0.3) is 0 Å². The van der Waals surface area contributed by atoms with Crippen molar-refractivity contribution in [3.63, 3.8) is 0 Å². The number of rotatable bonds is 8. The van der Waals surface area contributed by atoms with E-state index in [1.54, 1.807) is 0 Å². The van der Waals surface area contributed by atoms with Crippen molar-refractivity contribution in [2.24, 2.45) is 0 Å². The lowest BCUT2D eigenvalue weighted by molar-refractivity contribution is -0.149. The van der Waals surface area contributed by atoms with E-state index in [0.29, 0.717) is 19.1 Å². The molecule has 1 saturated heterocycles. The molecule has 0 bridgehead atoms. The fourth-order valence-electron chi connectivity index (χ4n) is 2.54. The molecular weight excluding hydrogens is 267 g/mol. The average Bonchev–Trinajstić information content (AvgIpc) is 2.37. The minimum atomic E-state index is -4.07. The van der Waals surface area contributed by atoms with E-state index >= 15 is 0 Å².